The summed E-state index contributed by atoms with van der Waals surface area (Å²) in [6.07, 6.45) is 2.57. The van der Waals surface area contributed by atoms with Crippen LogP contribution in [0, 0.1) is 11.6 Å². The quantitative estimate of drug-likeness (QED) is 0.486. The molecule has 8 nitrogen and oxygen atoms in total. The molecule has 1 saturated heterocycles. The molecule has 1 atom stereocenters. The lowest BCUT2D eigenvalue weighted by Crippen LogP contribution is -2.21. The van der Waals surface area contributed by atoms with Crippen molar-refractivity contribution in [3.8, 4) is 22.8 Å². The van der Waals surface area contributed by atoms with Crippen LogP contribution < -0.4 is 20.1 Å². The summed E-state index contributed by atoms with van der Waals surface area (Å²) in [4.78, 5) is 11.1. The second-order valence-electron chi connectivity index (χ2n) is 8.37. The number of nitrogens with zero attached hydrogens (tertiary/aromatic N) is 3. The molecule has 1 aliphatic rings. The minimum atomic E-state index is -0.848. The van der Waals surface area contributed by atoms with Crippen LogP contribution in [0.1, 0.15) is 6.42 Å². The number of nitrogens with one attached hydrogen (secondary N) is 2. The van der Waals surface area contributed by atoms with Crippen LogP contribution >= 0.6 is 0 Å². The van der Waals surface area contributed by atoms with Gasteiger partial charge in [-0.15, -0.1) is 0 Å². The van der Waals surface area contributed by atoms with Crippen LogP contribution in [0.25, 0.3) is 22.0 Å². The van der Waals surface area contributed by atoms with E-state index >= 15 is 8.78 Å². The van der Waals surface area contributed by atoms with Gasteiger partial charge in [-0.05, 0) is 32.6 Å². The molecule has 0 radical (unpaired) electrons. The smallest absolute Gasteiger partial charge is 0.177 e. The Morgan fingerprint density at radius 1 is 1.12 bits per heavy atom. The minimum absolute atomic E-state index is 0.110. The molecular formula is C24H29F2N5O3. The highest BCUT2D eigenvalue weighted by Crippen LogP contribution is 2.39. The fourth-order valence-corrected chi connectivity index (χ4v) is 3.85. The first-order valence-electron chi connectivity index (χ1n) is 11.0. The van der Waals surface area contributed by atoms with Gasteiger partial charge in [0.2, 0.25) is 0 Å². The van der Waals surface area contributed by atoms with E-state index in [-0.39, 0.29) is 28.8 Å². The zero-order valence-electron chi connectivity index (χ0n) is 19.7. The molecule has 182 valence electrons. The minimum Gasteiger partial charge on any atom is -0.494 e. The summed E-state index contributed by atoms with van der Waals surface area (Å²) >= 11 is 0. The maximum absolute atomic E-state index is 15.2. The second kappa shape index (κ2) is 10.4. The predicted octanol–water partition coefficient (Wildman–Crippen LogP) is 3.77. The van der Waals surface area contributed by atoms with Crippen molar-refractivity contribution in [3.05, 3.63) is 36.0 Å². The maximum Gasteiger partial charge on any atom is 0.177 e. The van der Waals surface area contributed by atoms with Gasteiger partial charge < -0.3 is 29.7 Å². The van der Waals surface area contributed by atoms with Gasteiger partial charge in [-0.3, -0.25) is 0 Å². The number of hydrogen-bond acceptors (Lipinski definition) is 8. The average molecular weight is 474 g/mol. The number of hydrogen-bond donors (Lipinski definition) is 2. The Labute approximate surface area is 197 Å². The number of pyridine rings is 2. The first kappa shape index (κ1) is 23.9. The SMILES string of the molecule is COc1cc(OC)c(F)c(-c2cc3cnc(NC4CCOC4)cc3c(NCCN(C)C)n2)c1F. The molecule has 1 unspecified atom stereocenters. The Bertz CT molecular complexity index is 1140. The molecule has 1 aliphatic heterocycles. The molecule has 1 aromatic carbocycles. The molecule has 4 rings (SSSR count). The molecule has 2 aromatic heterocycles. The van der Waals surface area contributed by atoms with Crippen LogP contribution in [-0.4, -0.2) is 75.5 Å². The third-order valence-corrected chi connectivity index (χ3v) is 5.68. The zero-order valence-corrected chi connectivity index (χ0v) is 19.7. The van der Waals surface area contributed by atoms with E-state index in [1.54, 1.807) is 12.3 Å². The van der Waals surface area contributed by atoms with E-state index in [0.29, 0.717) is 36.8 Å². The van der Waals surface area contributed by atoms with Crippen molar-refractivity contribution in [1.29, 1.82) is 0 Å². The van der Waals surface area contributed by atoms with Crippen molar-refractivity contribution in [2.45, 2.75) is 12.5 Å². The molecule has 0 amide bonds. The number of aromatic nitrogens is 2. The molecule has 3 aromatic rings. The van der Waals surface area contributed by atoms with Gasteiger partial charge in [0.05, 0.1) is 38.1 Å². The Morgan fingerprint density at radius 3 is 2.47 bits per heavy atom. The summed E-state index contributed by atoms with van der Waals surface area (Å²) in [5.41, 5.74) is -0.210. The lowest BCUT2D eigenvalue weighted by Gasteiger charge is -2.17. The van der Waals surface area contributed by atoms with E-state index in [1.807, 2.05) is 25.1 Å². The third kappa shape index (κ3) is 4.97. The fraction of sp³-hybridized carbons (Fsp3) is 0.417. The van der Waals surface area contributed by atoms with Crippen molar-refractivity contribution in [3.63, 3.8) is 0 Å². The molecule has 10 heteroatoms. The van der Waals surface area contributed by atoms with Gasteiger partial charge >= 0.3 is 0 Å². The summed E-state index contributed by atoms with van der Waals surface area (Å²) in [6, 6.07) is 4.87. The van der Waals surface area contributed by atoms with Gasteiger partial charge in [0.1, 0.15) is 11.6 Å². The molecule has 1 fully saturated rings. The highest BCUT2D eigenvalue weighted by atomic mass is 19.1. The van der Waals surface area contributed by atoms with E-state index in [9.17, 15) is 0 Å². The average Bonchev–Trinajstić information content (AvgIpc) is 3.32. The monoisotopic (exact) mass is 473 g/mol. The summed E-state index contributed by atoms with van der Waals surface area (Å²) in [7, 11) is 6.56. The number of ether oxygens (including phenoxy) is 3. The number of fused-ring (bicyclic) bond motifs is 1. The Hall–Kier alpha value is -3.24. The number of likely N-dealkylation sites (N-methyl/N-ethyl adjacent to an activating group) is 1. The van der Waals surface area contributed by atoms with E-state index in [4.69, 9.17) is 14.2 Å². The van der Waals surface area contributed by atoms with Crippen molar-refractivity contribution in [2.24, 2.45) is 0 Å². The number of anilines is 2. The van der Waals surface area contributed by atoms with E-state index in [2.05, 4.69) is 20.6 Å². The molecule has 0 spiro atoms. The first-order valence-corrected chi connectivity index (χ1v) is 11.0. The van der Waals surface area contributed by atoms with Gasteiger partial charge in [0.25, 0.3) is 0 Å². The van der Waals surface area contributed by atoms with Crippen molar-refractivity contribution >= 4 is 22.4 Å². The molecule has 0 aliphatic carbocycles. The van der Waals surface area contributed by atoms with Gasteiger partial charge in [-0.1, -0.05) is 0 Å². The summed E-state index contributed by atoms with van der Waals surface area (Å²) in [5, 5.41) is 8.15. The molecule has 34 heavy (non-hydrogen) atoms. The summed E-state index contributed by atoms with van der Waals surface area (Å²) in [5.74, 6) is -0.766. The van der Waals surface area contributed by atoms with Gasteiger partial charge in [-0.2, -0.15) is 0 Å². The first-order chi connectivity index (χ1) is 16.4. The van der Waals surface area contributed by atoms with Crippen LogP contribution in [0.5, 0.6) is 11.5 Å². The topological polar surface area (TPSA) is 80.8 Å². The molecular weight excluding hydrogens is 444 g/mol. The van der Waals surface area contributed by atoms with Crippen LogP contribution in [0.15, 0.2) is 24.4 Å². The van der Waals surface area contributed by atoms with Gasteiger partial charge in [-0.25, -0.2) is 18.7 Å². The number of halogens is 2. The molecule has 3 heterocycles. The highest BCUT2D eigenvalue weighted by molar-refractivity contribution is 5.95. The third-order valence-electron chi connectivity index (χ3n) is 5.68. The van der Waals surface area contributed by atoms with Crippen LogP contribution in [0.2, 0.25) is 0 Å². The lowest BCUT2D eigenvalue weighted by molar-refractivity contribution is 0.195. The lowest BCUT2D eigenvalue weighted by atomic mass is 10.1. The summed E-state index contributed by atoms with van der Waals surface area (Å²) < 4.78 is 46.0. The van der Waals surface area contributed by atoms with Crippen LogP contribution in [-0.2, 0) is 4.74 Å². The van der Waals surface area contributed by atoms with Crippen LogP contribution in [0.4, 0.5) is 20.4 Å². The molecule has 2 N–H and O–H groups in total. The largest absolute Gasteiger partial charge is 0.494 e. The fourth-order valence-electron chi connectivity index (χ4n) is 3.85. The van der Waals surface area contributed by atoms with E-state index in [0.717, 1.165) is 18.4 Å². The van der Waals surface area contributed by atoms with Gasteiger partial charge in [0, 0.05) is 42.7 Å². The van der Waals surface area contributed by atoms with Crippen LogP contribution in [0.3, 0.4) is 0 Å². The van der Waals surface area contributed by atoms with E-state index in [1.165, 1.54) is 20.3 Å². The molecule has 0 saturated carbocycles. The Morgan fingerprint density at radius 2 is 1.85 bits per heavy atom. The maximum atomic E-state index is 15.2. The Kier molecular flexibility index (Phi) is 7.28. The molecule has 0 bridgehead atoms. The van der Waals surface area contributed by atoms with Crippen molar-refractivity contribution < 1.29 is 23.0 Å². The van der Waals surface area contributed by atoms with Gasteiger partial charge in [0.15, 0.2) is 23.1 Å². The van der Waals surface area contributed by atoms with Crippen molar-refractivity contribution in [1.82, 2.24) is 14.9 Å². The van der Waals surface area contributed by atoms with Crippen molar-refractivity contribution in [2.75, 3.05) is 65.3 Å². The number of rotatable bonds is 9. The standard InChI is InChI=1S/C24H29F2N5O3/c1-31(2)7-6-27-24-16-10-20(29-15-5-8-34-13-15)28-12-14(16)9-17(30-24)21-22(25)18(32-3)11-19(33-4)23(21)26/h9-12,15H,5-8,13H2,1-4H3,(H,27,30)(H,28,29). The number of benzene rings is 1. The zero-order chi connectivity index (χ0) is 24.2. The Balaban J connectivity index is 1.82. The second-order valence-corrected chi connectivity index (χ2v) is 8.37. The highest BCUT2D eigenvalue weighted by Gasteiger charge is 2.24. The van der Waals surface area contributed by atoms with E-state index < -0.39 is 11.6 Å². The predicted molar refractivity (Wildman–Crippen MR) is 128 cm³/mol. The number of methoxy groups -OCH3 is 2. The summed E-state index contributed by atoms with van der Waals surface area (Å²) in [6.45, 7) is 2.68. The normalized spacial score (nSPS) is 15.7.